The highest BCUT2D eigenvalue weighted by Crippen LogP contribution is 2.43. The first-order chi connectivity index (χ1) is 28.8. The molecule has 0 N–H and O–H groups in total. The summed E-state index contributed by atoms with van der Waals surface area (Å²) in [5, 5.41) is 7.25. The van der Waals surface area contributed by atoms with E-state index >= 15 is 0 Å². The monoisotopic (exact) mass is 740 g/mol. The maximum atomic E-state index is 4.87. The topological polar surface area (TPSA) is 34.0 Å². The molecule has 0 saturated heterocycles. The Hall–Kier alpha value is -7.82. The summed E-state index contributed by atoms with van der Waals surface area (Å²) in [5.74, 6) is 0.696. The Morgan fingerprint density at radius 3 is 1.72 bits per heavy atom. The van der Waals surface area contributed by atoms with Gasteiger partial charge in [0.1, 0.15) is 0 Å². The van der Waals surface area contributed by atoms with Crippen molar-refractivity contribution in [1.29, 1.82) is 0 Å². The molecule has 58 heavy (non-hydrogen) atoms. The van der Waals surface area contributed by atoms with Gasteiger partial charge in [0.2, 0.25) is 0 Å². The van der Waals surface area contributed by atoms with Crippen molar-refractivity contribution in [2.75, 3.05) is 4.90 Å². The lowest BCUT2D eigenvalue weighted by molar-refractivity contribution is 1.14. The van der Waals surface area contributed by atoms with Crippen LogP contribution in [-0.2, 0) is 0 Å². The van der Waals surface area contributed by atoms with Gasteiger partial charge in [-0.05, 0) is 69.4 Å². The summed E-state index contributed by atoms with van der Waals surface area (Å²) < 4.78 is 2.44. The largest absolute Gasteiger partial charge is 0.309 e. The fourth-order valence-corrected chi connectivity index (χ4v) is 8.60. The number of anilines is 3. The van der Waals surface area contributed by atoms with Crippen LogP contribution in [0, 0.1) is 0 Å². The molecule has 0 fully saturated rings. The van der Waals surface area contributed by atoms with Crippen LogP contribution in [-0.4, -0.2) is 14.5 Å². The molecule has 0 aliphatic heterocycles. The van der Waals surface area contributed by atoms with Gasteiger partial charge in [-0.25, -0.2) is 9.97 Å². The molecule has 2 aromatic heterocycles. The molecule has 4 nitrogen and oxygen atoms in total. The van der Waals surface area contributed by atoms with Gasteiger partial charge >= 0.3 is 0 Å². The number of benzene rings is 9. The first kappa shape index (κ1) is 33.5. The van der Waals surface area contributed by atoms with E-state index in [0.29, 0.717) is 5.82 Å². The molecule has 11 rings (SSSR count). The van der Waals surface area contributed by atoms with E-state index in [9.17, 15) is 0 Å². The number of para-hydroxylation sites is 1. The number of hydrogen-bond donors (Lipinski definition) is 0. The second-order valence-electron chi connectivity index (χ2n) is 14.6. The average Bonchev–Trinajstić information content (AvgIpc) is 3.63. The summed E-state index contributed by atoms with van der Waals surface area (Å²) >= 11 is 0. The molecule has 0 aliphatic carbocycles. The number of fused-ring (bicyclic) bond motifs is 5. The summed E-state index contributed by atoms with van der Waals surface area (Å²) in [6.45, 7) is 0. The van der Waals surface area contributed by atoms with Crippen LogP contribution in [0.1, 0.15) is 0 Å². The molecule has 0 amide bonds. The number of hydrogen-bond acceptors (Lipinski definition) is 3. The van der Waals surface area contributed by atoms with Crippen LogP contribution in [0.25, 0.3) is 82.7 Å². The zero-order valence-electron chi connectivity index (χ0n) is 31.6. The van der Waals surface area contributed by atoms with E-state index in [4.69, 9.17) is 9.97 Å². The SMILES string of the molecule is c1ccc(-c2ncc(N(c3cccc(-c4ccccc4-c4ccc5c6ccccc6n(-c6cccc7ccccc67)c5c4)c3)c3cccc4ccccc34)cn2)cc1. The highest BCUT2D eigenvalue weighted by Gasteiger charge is 2.19. The third kappa shape index (κ3) is 5.70. The maximum absolute atomic E-state index is 4.87. The quantitative estimate of drug-likeness (QED) is 0.163. The lowest BCUT2D eigenvalue weighted by Crippen LogP contribution is -2.11. The summed E-state index contributed by atoms with van der Waals surface area (Å²) in [4.78, 5) is 12.0. The van der Waals surface area contributed by atoms with Gasteiger partial charge in [-0.2, -0.15) is 0 Å². The average molecular weight is 741 g/mol. The minimum absolute atomic E-state index is 0.696. The molecule has 0 saturated carbocycles. The molecular weight excluding hydrogens is 705 g/mol. The van der Waals surface area contributed by atoms with Crippen LogP contribution >= 0.6 is 0 Å². The molecule has 0 aliphatic rings. The fraction of sp³-hybridized carbons (Fsp3) is 0. The second-order valence-corrected chi connectivity index (χ2v) is 14.6. The van der Waals surface area contributed by atoms with Gasteiger partial charge in [-0.1, -0.05) is 170 Å². The molecular formula is C54H36N4. The Morgan fingerprint density at radius 1 is 0.362 bits per heavy atom. The normalized spacial score (nSPS) is 11.4. The third-order valence-corrected chi connectivity index (χ3v) is 11.3. The van der Waals surface area contributed by atoms with Crippen molar-refractivity contribution in [2.45, 2.75) is 0 Å². The first-order valence-corrected chi connectivity index (χ1v) is 19.7. The van der Waals surface area contributed by atoms with Crippen molar-refractivity contribution in [3.63, 3.8) is 0 Å². The van der Waals surface area contributed by atoms with Gasteiger partial charge in [0.05, 0.1) is 40.5 Å². The highest BCUT2D eigenvalue weighted by atomic mass is 15.2. The van der Waals surface area contributed by atoms with Crippen molar-refractivity contribution < 1.29 is 0 Å². The van der Waals surface area contributed by atoms with Crippen LogP contribution in [0.3, 0.4) is 0 Å². The van der Waals surface area contributed by atoms with Gasteiger partial charge in [0, 0.05) is 32.8 Å². The Balaban J connectivity index is 1.07. The van der Waals surface area contributed by atoms with Crippen molar-refractivity contribution in [2.24, 2.45) is 0 Å². The van der Waals surface area contributed by atoms with Crippen LogP contribution in [0.2, 0.25) is 0 Å². The van der Waals surface area contributed by atoms with Crippen molar-refractivity contribution >= 4 is 60.4 Å². The molecule has 0 unspecified atom stereocenters. The Kier molecular flexibility index (Phi) is 8.11. The van der Waals surface area contributed by atoms with Crippen LogP contribution < -0.4 is 4.90 Å². The lowest BCUT2D eigenvalue weighted by atomic mass is 9.93. The fourth-order valence-electron chi connectivity index (χ4n) is 8.60. The highest BCUT2D eigenvalue weighted by molar-refractivity contribution is 6.12. The summed E-state index contributed by atoms with van der Waals surface area (Å²) in [7, 11) is 0. The second kappa shape index (κ2) is 14.0. The van der Waals surface area contributed by atoms with Gasteiger partial charge < -0.3 is 9.47 Å². The predicted molar refractivity (Wildman–Crippen MR) is 242 cm³/mol. The van der Waals surface area contributed by atoms with Crippen LogP contribution in [0.5, 0.6) is 0 Å². The molecule has 11 aromatic rings. The third-order valence-electron chi connectivity index (χ3n) is 11.3. The Bertz CT molecular complexity index is 3280. The number of aromatic nitrogens is 3. The summed E-state index contributed by atoms with van der Waals surface area (Å²) in [6, 6.07) is 73.6. The summed E-state index contributed by atoms with van der Waals surface area (Å²) in [6.07, 6.45) is 3.87. The van der Waals surface area contributed by atoms with E-state index in [1.807, 2.05) is 42.7 Å². The van der Waals surface area contributed by atoms with Crippen LogP contribution in [0.15, 0.2) is 219 Å². The molecule has 2 heterocycles. The van der Waals surface area contributed by atoms with Gasteiger partial charge in [0.25, 0.3) is 0 Å². The molecule has 272 valence electrons. The van der Waals surface area contributed by atoms with E-state index in [-0.39, 0.29) is 0 Å². The van der Waals surface area contributed by atoms with E-state index in [1.165, 1.54) is 49.2 Å². The van der Waals surface area contributed by atoms with Crippen molar-refractivity contribution in [3.8, 4) is 39.3 Å². The van der Waals surface area contributed by atoms with Gasteiger partial charge in [-0.3, -0.25) is 0 Å². The van der Waals surface area contributed by atoms with Crippen LogP contribution in [0.4, 0.5) is 17.1 Å². The van der Waals surface area contributed by atoms with Crippen molar-refractivity contribution in [3.05, 3.63) is 219 Å². The van der Waals surface area contributed by atoms with E-state index in [2.05, 4.69) is 185 Å². The Labute approximate surface area is 336 Å². The number of nitrogens with zero attached hydrogens (tertiary/aromatic N) is 4. The zero-order chi connectivity index (χ0) is 38.4. The van der Waals surface area contributed by atoms with E-state index < -0.39 is 0 Å². The molecule has 4 heteroatoms. The van der Waals surface area contributed by atoms with Gasteiger partial charge in [-0.15, -0.1) is 0 Å². The van der Waals surface area contributed by atoms with E-state index in [0.717, 1.165) is 44.7 Å². The number of rotatable bonds is 7. The minimum Gasteiger partial charge on any atom is -0.309 e. The molecule has 0 bridgehead atoms. The standard InChI is InChI=1S/C54H36N4/c1-2-17-39(18-3-1)54-55-35-43(36-56-54)57(50-29-13-19-37-15-4-6-25-46(37)50)42-22-12-21-40(33-42)44-23-8-9-24-45(44)41-31-32-49-48-27-10-11-28-52(48)58(53(49)34-41)51-30-14-20-38-16-5-7-26-47(38)51/h1-36H. The van der Waals surface area contributed by atoms with Gasteiger partial charge in [0.15, 0.2) is 5.82 Å². The molecule has 0 atom stereocenters. The minimum atomic E-state index is 0.696. The van der Waals surface area contributed by atoms with E-state index in [1.54, 1.807) is 0 Å². The smallest absolute Gasteiger partial charge is 0.159 e. The molecule has 0 spiro atoms. The molecule has 0 radical (unpaired) electrons. The zero-order valence-corrected chi connectivity index (χ0v) is 31.6. The maximum Gasteiger partial charge on any atom is 0.159 e. The van der Waals surface area contributed by atoms with Crippen molar-refractivity contribution in [1.82, 2.24) is 14.5 Å². The Morgan fingerprint density at radius 2 is 0.931 bits per heavy atom. The predicted octanol–water partition coefficient (Wildman–Crippen LogP) is 14.4. The summed E-state index contributed by atoms with van der Waals surface area (Å²) in [5.41, 5.74) is 12.1. The first-order valence-electron chi connectivity index (χ1n) is 19.7. The molecule has 9 aromatic carbocycles. The lowest BCUT2D eigenvalue weighted by Gasteiger charge is -2.27.